The summed E-state index contributed by atoms with van der Waals surface area (Å²) in [7, 11) is 0.584. The Kier molecular flexibility index (Phi) is 11.1. The predicted octanol–water partition coefficient (Wildman–Crippen LogP) is 3.51. The Morgan fingerprint density at radius 1 is 1.37 bits per heavy atom. The zero-order valence-corrected chi connectivity index (χ0v) is 22.2. The van der Waals surface area contributed by atoms with E-state index in [2.05, 4.69) is 16.1 Å². The fourth-order valence-corrected chi connectivity index (χ4v) is 4.80. The fraction of sp³-hybridized carbons (Fsp3) is 0.652. The normalized spacial score (nSPS) is 20.5. The van der Waals surface area contributed by atoms with Crippen LogP contribution in [0.2, 0.25) is 0 Å². The molecular formula is C23H34ClF3N4O3S. The minimum Gasteiger partial charge on any atom is -0.496 e. The van der Waals surface area contributed by atoms with Crippen LogP contribution in [0.25, 0.3) is 0 Å². The molecule has 35 heavy (non-hydrogen) atoms. The van der Waals surface area contributed by atoms with Crippen molar-refractivity contribution in [3.8, 4) is 0 Å². The number of piperazine rings is 1. The number of halogens is 4. The second-order valence-electron chi connectivity index (χ2n) is 8.41. The van der Waals surface area contributed by atoms with Gasteiger partial charge in [0, 0.05) is 61.1 Å². The molecule has 1 amide bonds. The molecule has 2 aliphatic rings. The lowest BCUT2D eigenvalue weighted by Crippen LogP contribution is -2.56. The first kappa shape index (κ1) is 29.2. The highest BCUT2D eigenvalue weighted by molar-refractivity contribution is 7.84. The Bertz CT molecular complexity index is 905. The molecule has 1 heterocycles. The number of hydrazone groups is 1. The van der Waals surface area contributed by atoms with Crippen molar-refractivity contribution >= 4 is 34.0 Å². The maximum atomic E-state index is 13.2. The first-order chi connectivity index (χ1) is 16.5. The summed E-state index contributed by atoms with van der Waals surface area (Å²) < 4.78 is 56.5. The van der Waals surface area contributed by atoms with E-state index >= 15 is 0 Å². The van der Waals surface area contributed by atoms with Crippen LogP contribution in [0.1, 0.15) is 26.7 Å². The molecule has 1 aliphatic heterocycles. The average Bonchev–Trinajstić information content (AvgIpc) is 3.00. The molecule has 2 atom stereocenters. The molecule has 1 fully saturated rings. The molecule has 2 unspecified atom stereocenters. The Labute approximate surface area is 212 Å². The van der Waals surface area contributed by atoms with Crippen molar-refractivity contribution in [2.45, 2.75) is 38.9 Å². The zero-order valence-electron chi connectivity index (χ0n) is 20.6. The largest absolute Gasteiger partial charge is 0.496 e. The topological polar surface area (TPSA) is 65.5 Å². The van der Waals surface area contributed by atoms with Crippen LogP contribution >= 0.6 is 11.6 Å². The summed E-state index contributed by atoms with van der Waals surface area (Å²) in [4.78, 5) is 17.1. The van der Waals surface area contributed by atoms with Gasteiger partial charge < -0.3 is 14.5 Å². The van der Waals surface area contributed by atoms with Gasteiger partial charge in [0.05, 0.1) is 19.0 Å². The van der Waals surface area contributed by atoms with E-state index in [1.165, 1.54) is 0 Å². The summed E-state index contributed by atoms with van der Waals surface area (Å²) in [6.07, 6.45) is 4.25. The third-order valence-corrected chi connectivity index (χ3v) is 7.01. The molecule has 0 aromatic rings. The zero-order chi connectivity index (χ0) is 26.2. The van der Waals surface area contributed by atoms with Gasteiger partial charge in [0.1, 0.15) is 12.3 Å². The molecule has 1 aliphatic carbocycles. The number of alkyl halides is 4. The van der Waals surface area contributed by atoms with Gasteiger partial charge in [-0.1, -0.05) is 12.2 Å². The highest BCUT2D eigenvalue weighted by Crippen LogP contribution is 2.25. The van der Waals surface area contributed by atoms with Crippen LogP contribution in [0.15, 0.2) is 40.4 Å². The van der Waals surface area contributed by atoms with E-state index in [0.29, 0.717) is 38.2 Å². The Hall–Kier alpha value is -2.01. The van der Waals surface area contributed by atoms with E-state index < -0.39 is 28.6 Å². The van der Waals surface area contributed by atoms with Gasteiger partial charge in [-0.3, -0.25) is 14.0 Å². The quantitative estimate of drug-likeness (QED) is 0.242. The van der Waals surface area contributed by atoms with Crippen LogP contribution in [-0.2, 0) is 20.3 Å². The lowest BCUT2D eigenvalue weighted by Gasteiger charge is -2.43. The van der Waals surface area contributed by atoms with Crippen molar-refractivity contribution in [1.82, 2.24) is 14.8 Å². The van der Waals surface area contributed by atoms with E-state index in [4.69, 9.17) is 16.3 Å². The standard InChI is InChI=1S/C23H34ClF3N4O3S/c1-5-30(28-21(14-24)23(25,26)27)16-22(32)31-11-10-29(15-19(31)9-12-35(4)33)18-8-6-7-17(2)20(13-18)34-3/h6-7,13,19H,5,8-12,14-16H2,1-4H3/b28-21+. The smallest absolute Gasteiger partial charge is 0.432 e. The van der Waals surface area contributed by atoms with Crippen molar-refractivity contribution in [3.05, 3.63) is 35.3 Å². The second kappa shape index (κ2) is 13.3. The molecule has 1 saturated heterocycles. The van der Waals surface area contributed by atoms with Gasteiger partial charge >= 0.3 is 6.18 Å². The lowest BCUT2D eigenvalue weighted by molar-refractivity contribution is -0.137. The van der Waals surface area contributed by atoms with Crippen molar-refractivity contribution < 1.29 is 26.9 Å². The lowest BCUT2D eigenvalue weighted by atomic mass is 10.1. The highest BCUT2D eigenvalue weighted by Gasteiger charge is 2.36. The summed E-state index contributed by atoms with van der Waals surface area (Å²) in [5, 5.41) is 4.68. The number of hydrogen-bond donors (Lipinski definition) is 0. The van der Waals surface area contributed by atoms with E-state index in [0.717, 1.165) is 22.0 Å². The Balaban J connectivity index is 2.21. The molecule has 2 rings (SSSR count). The molecule has 0 saturated carbocycles. The highest BCUT2D eigenvalue weighted by atomic mass is 35.5. The minimum absolute atomic E-state index is 0.122. The second-order valence-corrected chi connectivity index (χ2v) is 10.2. The number of ether oxygens (including phenoxy) is 1. The third-order valence-electron chi connectivity index (χ3n) is 5.95. The maximum absolute atomic E-state index is 13.2. The fourth-order valence-electron chi connectivity index (χ4n) is 3.99. The van der Waals surface area contributed by atoms with Crippen molar-refractivity contribution in [2.75, 3.05) is 57.7 Å². The van der Waals surface area contributed by atoms with Crippen LogP contribution < -0.4 is 0 Å². The number of rotatable bonds is 10. The van der Waals surface area contributed by atoms with Gasteiger partial charge in [-0.25, -0.2) is 0 Å². The summed E-state index contributed by atoms with van der Waals surface area (Å²) >= 11 is 5.43. The average molecular weight is 539 g/mol. The van der Waals surface area contributed by atoms with E-state index in [-0.39, 0.29) is 25.0 Å². The number of nitrogens with zero attached hydrogens (tertiary/aromatic N) is 4. The van der Waals surface area contributed by atoms with Gasteiger partial charge in [0.15, 0.2) is 5.71 Å². The van der Waals surface area contributed by atoms with Gasteiger partial charge in [-0.2, -0.15) is 18.3 Å². The number of hydrogen-bond acceptors (Lipinski definition) is 6. The van der Waals surface area contributed by atoms with Crippen LogP contribution in [-0.4, -0.2) is 101 Å². The van der Waals surface area contributed by atoms with Gasteiger partial charge in [-0.05, 0) is 31.9 Å². The Morgan fingerprint density at radius 2 is 2.09 bits per heavy atom. The van der Waals surface area contributed by atoms with Crippen LogP contribution in [0.3, 0.4) is 0 Å². The van der Waals surface area contributed by atoms with Crippen molar-refractivity contribution in [2.24, 2.45) is 5.10 Å². The number of methoxy groups -OCH3 is 1. The summed E-state index contributed by atoms with van der Waals surface area (Å²) in [6.45, 7) is 4.93. The third kappa shape index (κ3) is 8.56. The van der Waals surface area contributed by atoms with Crippen LogP contribution in [0.4, 0.5) is 13.2 Å². The number of carbonyl (C=O) groups excluding carboxylic acids is 1. The number of likely N-dealkylation sites (N-methyl/N-ethyl adjacent to an activating group) is 1. The number of allylic oxidation sites excluding steroid dienone is 4. The summed E-state index contributed by atoms with van der Waals surface area (Å²) in [6, 6.07) is -0.234. The SMILES string of the molecule is CCN(CC(=O)N1CCN(C2=CC(OC)=C(C)C=CC2)CC1CCS(C)=O)/N=C(\CCl)C(F)(F)F. The number of carbonyl (C=O) groups is 1. The van der Waals surface area contributed by atoms with E-state index in [1.54, 1.807) is 25.2 Å². The molecule has 198 valence electrons. The van der Waals surface area contributed by atoms with Crippen molar-refractivity contribution in [3.63, 3.8) is 0 Å². The molecule has 0 aromatic carbocycles. The van der Waals surface area contributed by atoms with E-state index in [9.17, 15) is 22.2 Å². The number of amides is 1. The predicted molar refractivity (Wildman–Crippen MR) is 134 cm³/mol. The molecule has 0 aromatic heterocycles. The van der Waals surface area contributed by atoms with Gasteiger partial charge in [0.2, 0.25) is 5.91 Å². The molecule has 0 N–H and O–H groups in total. The molecule has 12 heteroatoms. The van der Waals surface area contributed by atoms with E-state index in [1.807, 2.05) is 19.1 Å². The molecule has 7 nitrogen and oxygen atoms in total. The maximum Gasteiger partial charge on any atom is 0.432 e. The van der Waals surface area contributed by atoms with Gasteiger partial charge in [0.25, 0.3) is 0 Å². The summed E-state index contributed by atoms with van der Waals surface area (Å²) in [5.41, 5.74) is 0.938. The molecule has 0 spiro atoms. The molecular weight excluding hydrogens is 505 g/mol. The minimum atomic E-state index is -4.66. The monoisotopic (exact) mass is 538 g/mol. The first-order valence-electron chi connectivity index (χ1n) is 11.4. The van der Waals surface area contributed by atoms with Crippen LogP contribution in [0, 0.1) is 0 Å². The summed E-state index contributed by atoms with van der Waals surface area (Å²) in [5.74, 6) is 0.0820. The van der Waals surface area contributed by atoms with Crippen LogP contribution in [0.5, 0.6) is 0 Å². The first-order valence-corrected chi connectivity index (χ1v) is 13.7. The van der Waals surface area contributed by atoms with Crippen molar-refractivity contribution in [1.29, 1.82) is 0 Å². The molecule has 0 radical (unpaired) electrons. The Morgan fingerprint density at radius 3 is 2.66 bits per heavy atom. The van der Waals surface area contributed by atoms with Gasteiger partial charge in [-0.15, -0.1) is 11.6 Å². The molecule has 0 bridgehead atoms.